The molecule has 0 heterocycles. The molecule has 94 valence electrons. The van der Waals surface area contributed by atoms with Gasteiger partial charge in [0, 0.05) is 0 Å². The molecule has 0 aromatic heterocycles. The van der Waals surface area contributed by atoms with Crippen molar-refractivity contribution in [2.24, 2.45) is 5.73 Å². The first-order chi connectivity index (χ1) is 8.27. The summed E-state index contributed by atoms with van der Waals surface area (Å²) >= 11 is 3.71. The van der Waals surface area contributed by atoms with Crippen molar-refractivity contribution in [3.8, 4) is 5.75 Å². The molecule has 1 aliphatic carbocycles. The number of aryl methyl sites for hydroxylation is 2. The van der Waals surface area contributed by atoms with E-state index in [4.69, 9.17) is 10.5 Å². The lowest BCUT2D eigenvalue weighted by atomic mass is 9.89. The van der Waals surface area contributed by atoms with Gasteiger partial charge in [-0.25, -0.2) is 0 Å². The standard InChI is InChI=1S/C14H20BrNO/c1-17-14-11(6-4-8-16)9-10-5-2-3-7-12(10)13(14)15/h9H,2-8,16H2,1H3. The molecule has 0 amide bonds. The lowest BCUT2D eigenvalue weighted by Gasteiger charge is -2.21. The molecule has 0 bridgehead atoms. The highest BCUT2D eigenvalue weighted by Crippen LogP contribution is 2.38. The van der Waals surface area contributed by atoms with Crippen molar-refractivity contribution in [3.63, 3.8) is 0 Å². The van der Waals surface area contributed by atoms with Crippen LogP contribution in [0.4, 0.5) is 0 Å². The number of rotatable bonds is 4. The van der Waals surface area contributed by atoms with Gasteiger partial charge >= 0.3 is 0 Å². The van der Waals surface area contributed by atoms with Gasteiger partial charge in [0.25, 0.3) is 0 Å². The molecule has 0 unspecified atom stereocenters. The number of hydrogen-bond acceptors (Lipinski definition) is 2. The summed E-state index contributed by atoms with van der Waals surface area (Å²) in [4.78, 5) is 0. The summed E-state index contributed by atoms with van der Waals surface area (Å²) in [6, 6.07) is 2.33. The van der Waals surface area contributed by atoms with Crippen LogP contribution >= 0.6 is 15.9 Å². The number of fused-ring (bicyclic) bond motifs is 1. The van der Waals surface area contributed by atoms with E-state index in [0.717, 1.165) is 25.1 Å². The van der Waals surface area contributed by atoms with E-state index < -0.39 is 0 Å². The second kappa shape index (κ2) is 5.87. The Balaban J connectivity index is 2.40. The maximum absolute atomic E-state index is 5.59. The van der Waals surface area contributed by atoms with E-state index in [1.807, 2.05) is 0 Å². The fourth-order valence-electron chi connectivity index (χ4n) is 2.59. The first kappa shape index (κ1) is 12.9. The molecule has 0 saturated carbocycles. The molecule has 1 aromatic rings. The van der Waals surface area contributed by atoms with E-state index in [9.17, 15) is 0 Å². The molecule has 3 heteroatoms. The Kier molecular flexibility index (Phi) is 4.46. The van der Waals surface area contributed by atoms with Crippen molar-refractivity contribution < 1.29 is 4.74 Å². The fourth-order valence-corrected chi connectivity index (χ4v) is 3.46. The van der Waals surface area contributed by atoms with E-state index in [1.165, 1.54) is 46.8 Å². The van der Waals surface area contributed by atoms with Crippen molar-refractivity contribution in [1.29, 1.82) is 0 Å². The van der Waals surface area contributed by atoms with Crippen LogP contribution in [0, 0.1) is 0 Å². The molecular formula is C14H20BrNO. The average Bonchev–Trinajstić information content (AvgIpc) is 2.36. The topological polar surface area (TPSA) is 35.2 Å². The van der Waals surface area contributed by atoms with Gasteiger partial charge < -0.3 is 10.5 Å². The third-order valence-electron chi connectivity index (χ3n) is 3.47. The molecule has 2 nitrogen and oxygen atoms in total. The minimum Gasteiger partial charge on any atom is -0.495 e. The van der Waals surface area contributed by atoms with Gasteiger partial charge in [-0.2, -0.15) is 0 Å². The summed E-state index contributed by atoms with van der Waals surface area (Å²) in [7, 11) is 1.75. The van der Waals surface area contributed by atoms with Gasteiger partial charge in [-0.05, 0) is 77.7 Å². The molecular weight excluding hydrogens is 278 g/mol. The smallest absolute Gasteiger partial charge is 0.136 e. The fraction of sp³-hybridized carbons (Fsp3) is 0.571. The predicted molar refractivity (Wildman–Crippen MR) is 74.7 cm³/mol. The Hall–Kier alpha value is -0.540. The summed E-state index contributed by atoms with van der Waals surface area (Å²) in [6.07, 6.45) is 6.99. The molecule has 2 rings (SSSR count). The highest BCUT2D eigenvalue weighted by molar-refractivity contribution is 9.10. The monoisotopic (exact) mass is 297 g/mol. The van der Waals surface area contributed by atoms with Crippen LogP contribution in [-0.4, -0.2) is 13.7 Å². The molecule has 1 aliphatic rings. The zero-order valence-electron chi connectivity index (χ0n) is 10.4. The number of halogens is 1. The van der Waals surface area contributed by atoms with Crippen molar-refractivity contribution in [3.05, 3.63) is 27.2 Å². The molecule has 2 N–H and O–H groups in total. The Morgan fingerprint density at radius 3 is 2.82 bits per heavy atom. The minimum atomic E-state index is 0.734. The molecule has 17 heavy (non-hydrogen) atoms. The van der Waals surface area contributed by atoms with Crippen LogP contribution in [0.1, 0.15) is 36.0 Å². The van der Waals surface area contributed by atoms with Crippen LogP contribution in [0.5, 0.6) is 5.75 Å². The third kappa shape index (κ3) is 2.66. The van der Waals surface area contributed by atoms with Gasteiger partial charge in [0.2, 0.25) is 0 Å². The van der Waals surface area contributed by atoms with Crippen LogP contribution in [0.15, 0.2) is 10.5 Å². The zero-order chi connectivity index (χ0) is 12.3. The van der Waals surface area contributed by atoms with E-state index in [0.29, 0.717) is 0 Å². The van der Waals surface area contributed by atoms with Gasteiger partial charge in [0.05, 0.1) is 11.6 Å². The van der Waals surface area contributed by atoms with Crippen LogP contribution in [0.25, 0.3) is 0 Å². The largest absolute Gasteiger partial charge is 0.495 e. The van der Waals surface area contributed by atoms with Crippen LogP contribution < -0.4 is 10.5 Å². The Bertz CT molecular complexity index is 404. The average molecular weight is 298 g/mol. The summed E-state index contributed by atoms with van der Waals surface area (Å²) in [6.45, 7) is 0.734. The molecule has 0 spiro atoms. The van der Waals surface area contributed by atoms with Crippen LogP contribution in [-0.2, 0) is 19.3 Å². The van der Waals surface area contributed by atoms with Gasteiger partial charge in [-0.3, -0.25) is 0 Å². The lowest BCUT2D eigenvalue weighted by Crippen LogP contribution is -2.08. The molecule has 0 saturated heterocycles. The van der Waals surface area contributed by atoms with Crippen molar-refractivity contribution in [2.75, 3.05) is 13.7 Å². The van der Waals surface area contributed by atoms with Crippen molar-refractivity contribution >= 4 is 15.9 Å². The molecule has 0 atom stereocenters. The van der Waals surface area contributed by atoms with Crippen molar-refractivity contribution in [1.82, 2.24) is 0 Å². The van der Waals surface area contributed by atoms with Gasteiger partial charge in [-0.15, -0.1) is 0 Å². The first-order valence-electron chi connectivity index (χ1n) is 6.35. The molecule has 0 aliphatic heterocycles. The Morgan fingerprint density at radius 1 is 1.35 bits per heavy atom. The quantitative estimate of drug-likeness (QED) is 0.926. The maximum atomic E-state index is 5.59. The maximum Gasteiger partial charge on any atom is 0.136 e. The second-order valence-electron chi connectivity index (χ2n) is 4.62. The summed E-state index contributed by atoms with van der Waals surface area (Å²) in [5, 5.41) is 0. The Labute approximate surface area is 112 Å². The van der Waals surface area contributed by atoms with Crippen LogP contribution in [0.3, 0.4) is 0 Å². The predicted octanol–water partition coefficient (Wildman–Crippen LogP) is 3.23. The summed E-state index contributed by atoms with van der Waals surface area (Å²) in [5.41, 5.74) is 9.83. The van der Waals surface area contributed by atoms with Gasteiger partial charge in [-0.1, -0.05) is 6.07 Å². The Morgan fingerprint density at radius 2 is 2.12 bits per heavy atom. The second-order valence-corrected chi connectivity index (χ2v) is 5.41. The molecule has 0 fully saturated rings. The van der Waals surface area contributed by atoms with E-state index in [-0.39, 0.29) is 0 Å². The van der Waals surface area contributed by atoms with Crippen LogP contribution in [0.2, 0.25) is 0 Å². The number of nitrogens with two attached hydrogens (primary N) is 1. The summed E-state index contributed by atoms with van der Waals surface area (Å²) in [5.74, 6) is 1.01. The van der Waals surface area contributed by atoms with Gasteiger partial charge in [0.1, 0.15) is 5.75 Å². The van der Waals surface area contributed by atoms with E-state index in [1.54, 1.807) is 7.11 Å². The highest BCUT2D eigenvalue weighted by Gasteiger charge is 2.18. The lowest BCUT2D eigenvalue weighted by molar-refractivity contribution is 0.405. The minimum absolute atomic E-state index is 0.734. The van der Waals surface area contributed by atoms with E-state index >= 15 is 0 Å². The first-order valence-corrected chi connectivity index (χ1v) is 7.14. The highest BCUT2D eigenvalue weighted by atomic mass is 79.9. The number of methoxy groups -OCH3 is 1. The van der Waals surface area contributed by atoms with E-state index in [2.05, 4.69) is 22.0 Å². The van der Waals surface area contributed by atoms with Gasteiger partial charge in [0.15, 0.2) is 0 Å². The number of ether oxygens (including phenoxy) is 1. The normalized spacial score (nSPS) is 14.5. The SMILES string of the molecule is COc1c(CCCN)cc2c(c1Br)CCCC2. The number of benzene rings is 1. The number of hydrogen-bond donors (Lipinski definition) is 1. The zero-order valence-corrected chi connectivity index (χ0v) is 12.0. The molecule has 0 radical (unpaired) electrons. The third-order valence-corrected chi connectivity index (χ3v) is 4.31. The molecule has 1 aromatic carbocycles. The summed E-state index contributed by atoms with van der Waals surface area (Å²) < 4.78 is 6.72. The van der Waals surface area contributed by atoms with Crippen molar-refractivity contribution in [2.45, 2.75) is 38.5 Å².